The van der Waals surface area contributed by atoms with Crippen molar-refractivity contribution < 1.29 is 39.2 Å². The second-order valence-corrected chi connectivity index (χ2v) is 10.6. The fourth-order valence-electron chi connectivity index (χ4n) is 3.22. The van der Waals surface area contributed by atoms with Gasteiger partial charge in [0.25, 0.3) is 0 Å². The Morgan fingerprint density at radius 3 is 1.29 bits per heavy atom. The van der Waals surface area contributed by atoms with Gasteiger partial charge in [0.05, 0.1) is 0 Å². The van der Waals surface area contributed by atoms with Crippen LogP contribution in [0.15, 0.2) is 0 Å². The quantitative estimate of drug-likeness (QED) is 0.0937. The van der Waals surface area contributed by atoms with E-state index in [1.807, 2.05) is 27.7 Å². The van der Waals surface area contributed by atoms with E-state index in [1.54, 1.807) is 0 Å². The number of carbonyl (C=O) groups is 2. The van der Waals surface area contributed by atoms with Crippen LogP contribution in [0.3, 0.4) is 0 Å². The van der Waals surface area contributed by atoms with Crippen LogP contribution in [0.1, 0.15) is 132 Å². The van der Waals surface area contributed by atoms with Crippen LogP contribution >= 0.6 is 0 Å². The third-order valence-corrected chi connectivity index (χ3v) is 6.21. The van der Waals surface area contributed by atoms with Crippen molar-refractivity contribution in [3.63, 3.8) is 0 Å². The Morgan fingerprint density at radius 2 is 1.00 bits per heavy atom. The average Bonchev–Trinajstić information content (AvgIpc) is 2.76. The second kappa shape index (κ2) is 18.1. The fraction of sp³-hybridized carbons (Fsp3) is 0.923. The summed E-state index contributed by atoms with van der Waals surface area (Å²) >= 11 is 0. The minimum Gasteiger partial charge on any atom is -0.269 e. The first-order valence-electron chi connectivity index (χ1n) is 13.1. The van der Waals surface area contributed by atoms with E-state index in [0.717, 1.165) is 51.4 Å². The van der Waals surface area contributed by atoms with Crippen molar-refractivity contribution in [1.29, 1.82) is 0 Å². The van der Waals surface area contributed by atoms with Gasteiger partial charge in [0.15, 0.2) is 0 Å². The van der Waals surface area contributed by atoms with Gasteiger partial charge in [-0.1, -0.05) is 67.2 Å². The van der Waals surface area contributed by atoms with Crippen LogP contribution in [0.25, 0.3) is 0 Å². The number of carbonyl (C=O) groups excluding carboxylic acids is 2. The highest BCUT2D eigenvalue weighted by Gasteiger charge is 2.26. The summed E-state index contributed by atoms with van der Waals surface area (Å²) in [6, 6.07) is 0. The zero-order valence-corrected chi connectivity index (χ0v) is 22.9. The molecule has 0 radical (unpaired) electrons. The predicted molar refractivity (Wildman–Crippen MR) is 130 cm³/mol. The van der Waals surface area contributed by atoms with E-state index in [2.05, 4.69) is 27.7 Å². The van der Waals surface area contributed by atoms with Crippen molar-refractivity contribution in [2.24, 2.45) is 11.8 Å². The molecule has 0 aromatic rings. The van der Waals surface area contributed by atoms with Crippen molar-refractivity contribution in [1.82, 2.24) is 0 Å². The Balaban J connectivity index is 3.96. The second-order valence-electron chi connectivity index (χ2n) is 10.6. The molecule has 2 unspecified atom stereocenters. The summed E-state index contributed by atoms with van der Waals surface area (Å²) in [5.74, 6) is 0.169. The molecule has 2 atom stereocenters. The van der Waals surface area contributed by atoms with Crippen LogP contribution in [0.5, 0.6) is 0 Å². The smallest absolute Gasteiger partial charge is 0.269 e. The lowest BCUT2D eigenvalue weighted by Gasteiger charge is -2.25. The molecule has 8 heteroatoms. The summed E-state index contributed by atoms with van der Waals surface area (Å²) in [5.41, 5.74) is -0.993. The maximum absolute atomic E-state index is 11.8. The normalized spacial score (nSPS) is 15.2. The Kier molecular flexibility index (Phi) is 17.5. The van der Waals surface area contributed by atoms with Gasteiger partial charge in [0.1, 0.15) is 11.2 Å². The molecule has 0 fully saturated rings. The topological polar surface area (TPSA) is 89.5 Å². The molecular weight excluding hydrogens is 440 g/mol. The van der Waals surface area contributed by atoms with Gasteiger partial charge >= 0.3 is 11.9 Å². The van der Waals surface area contributed by atoms with Gasteiger partial charge in [0.2, 0.25) is 0 Å². The van der Waals surface area contributed by atoms with E-state index in [1.165, 1.54) is 0 Å². The largest absolute Gasteiger partial charge is 0.345 e. The molecule has 34 heavy (non-hydrogen) atoms. The lowest BCUT2D eigenvalue weighted by Crippen LogP contribution is -2.28. The van der Waals surface area contributed by atoms with Gasteiger partial charge in [0, 0.05) is 12.8 Å². The van der Waals surface area contributed by atoms with Gasteiger partial charge in [-0.15, -0.1) is 0 Å². The number of unbranched alkanes of at least 4 members (excludes halogenated alkanes) is 1. The number of hydrogen-bond donors (Lipinski definition) is 0. The SMILES string of the molecule is CCC(C)(CCCC(C)C)OOOC(=O)CCCCC(=O)OOOC(C)(CC)CCCC(C)C. The molecule has 0 spiro atoms. The van der Waals surface area contributed by atoms with Crippen LogP contribution in [-0.4, -0.2) is 23.1 Å². The van der Waals surface area contributed by atoms with E-state index in [-0.39, 0.29) is 12.8 Å². The number of rotatable bonds is 21. The van der Waals surface area contributed by atoms with Crippen LogP contribution in [0.2, 0.25) is 0 Å². The first kappa shape index (κ1) is 32.8. The van der Waals surface area contributed by atoms with Crippen molar-refractivity contribution in [2.45, 2.75) is 144 Å². The highest BCUT2D eigenvalue weighted by Crippen LogP contribution is 2.25. The maximum Gasteiger partial charge on any atom is 0.345 e. The first-order valence-corrected chi connectivity index (χ1v) is 13.1. The minimum atomic E-state index is -0.548. The molecule has 0 rings (SSSR count). The van der Waals surface area contributed by atoms with Gasteiger partial charge in [-0.3, -0.25) is 9.78 Å². The van der Waals surface area contributed by atoms with E-state index >= 15 is 0 Å². The maximum atomic E-state index is 11.8. The summed E-state index contributed by atoms with van der Waals surface area (Å²) in [7, 11) is 0. The lowest BCUT2D eigenvalue weighted by molar-refractivity contribution is -0.520. The molecule has 0 saturated heterocycles. The van der Waals surface area contributed by atoms with Gasteiger partial charge in [-0.05, 0) is 74.3 Å². The molecular formula is C26H50O8. The molecule has 0 heterocycles. The Hall–Kier alpha value is -1.22. The van der Waals surface area contributed by atoms with Crippen LogP contribution < -0.4 is 0 Å². The minimum absolute atomic E-state index is 0.105. The van der Waals surface area contributed by atoms with Crippen LogP contribution in [0.4, 0.5) is 0 Å². The number of hydrogen-bond acceptors (Lipinski definition) is 8. The van der Waals surface area contributed by atoms with Gasteiger partial charge < -0.3 is 0 Å². The van der Waals surface area contributed by atoms with E-state index < -0.39 is 23.1 Å². The Labute approximate surface area is 207 Å². The zero-order valence-electron chi connectivity index (χ0n) is 22.9. The third kappa shape index (κ3) is 17.2. The molecule has 0 aliphatic heterocycles. The first-order chi connectivity index (χ1) is 15.9. The summed E-state index contributed by atoms with van der Waals surface area (Å²) in [6.45, 7) is 16.6. The molecule has 0 bridgehead atoms. The molecule has 0 amide bonds. The Morgan fingerprint density at radius 1 is 0.647 bits per heavy atom. The fourth-order valence-corrected chi connectivity index (χ4v) is 3.22. The zero-order chi connectivity index (χ0) is 26.0. The summed E-state index contributed by atoms with van der Waals surface area (Å²) in [4.78, 5) is 43.8. The summed E-state index contributed by atoms with van der Waals surface area (Å²) < 4.78 is 0. The van der Waals surface area contributed by atoms with E-state index in [4.69, 9.17) is 29.6 Å². The molecule has 0 aromatic heterocycles. The Bertz CT molecular complexity index is 503. The lowest BCUT2D eigenvalue weighted by atomic mass is 9.94. The molecule has 0 aromatic carbocycles. The summed E-state index contributed by atoms with van der Waals surface area (Å²) in [6.07, 6.45) is 8.46. The predicted octanol–water partition coefficient (Wildman–Crippen LogP) is 7.35. The van der Waals surface area contributed by atoms with Crippen LogP contribution in [-0.2, 0) is 39.2 Å². The monoisotopic (exact) mass is 490 g/mol. The van der Waals surface area contributed by atoms with Gasteiger partial charge in [-0.25, -0.2) is 9.59 Å². The third-order valence-electron chi connectivity index (χ3n) is 6.21. The molecule has 0 aliphatic carbocycles. The van der Waals surface area contributed by atoms with Crippen molar-refractivity contribution in [3.05, 3.63) is 0 Å². The van der Waals surface area contributed by atoms with Crippen molar-refractivity contribution in [2.75, 3.05) is 0 Å². The molecule has 8 nitrogen and oxygen atoms in total. The highest BCUT2D eigenvalue weighted by molar-refractivity contribution is 5.69. The standard InChI is InChI=1S/C26H50O8/c1-9-25(7,19-13-15-21(3)4)31-33-29-23(27)17-11-12-18-24(28)30-34-32-26(8,10-2)20-14-16-22(5)6/h21-22H,9-20H2,1-8H3. The molecule has 0 saturated carbocycles. The molecule has 0 aliphatic rings. The van der Waals surface area contributed by atoms with Crippen LogP contribution in [0, 0.1) is 11.8 Å². The average molecular weight is 491 g/mol. The van der Waals surface area contributed by atoms with Crippen molar-refractivity contribution >= 4 is 11.9 Å². The van der Waals surface area contributed by atoms with E-state index in [0.29, 0.717) is 24.7 Å². The van der Waals surface area contributed by atoms with Crippen molar-refractivity contribution in [3.8, 4) is 0 Å². The molecule has 0 N–H and O–H groups in total. The molecule has 202 valence electrons. The highest BCUT2D eigenvalue weighted by atomic mass is 17.5. The van der Waals surface area contributed by atoms with Gasteiger partial charge in [-0.2, -0.15) is 9.78 Å². The summed E-state index contributed by atoms with van der Waals surface area (Å²) in [5, 5.41) is 9.49. The van der Waals surface area contributed by atoms with E-state index in [9.17, 15) is 9.59 Å².